The topological polar surface area (TPSA) is 121 Å². The van der Waals surface area contributed by atoms with E-state index in [1.807, 2.05) is 6.92 Å². The fourth-order valence-corrected chi connectivity index (χ4v) is 1.21. The average Bonchev–Trinajstić information content (AvgIpc) is 2.36. The number of nitrogens with two attached hydrogens (primary N) is 1. The molecule has 5 N–H and O–H groups in total. The first kappa shape index (κ1) is 20.2. The maximum absolute atomic E-state index is 10.1. The van der Waals surface area contributed by atoms with E-state index >= 15 is 0 Å². The Morgan fingerprint density at radius 3 is 1.53 bits per heavy atom. The summed E-state index contributed by atoms with van der Waals surface area (Å²) in [6, 6.07) is -0.00926. The van der Waals surface area contributed by atoms with E-state index in [-0.39, 0.29) is 25.5 Å². The first-order valence-electron chi connectivity index (χ1n) is 6.74. The van der Waals surface area contributed by atoms with Crippen LogP contribution >= 0.6 is 0 Å². The monoisotopic (exact) mass is 277 g/mol. The Balaban J connectivity index is 0. The van der Waals surface area contributed by atoms with Crippen molar-refractivity contribution in [1.29, 1.82) is 0 Å². The molecule has 114 valence electrons. The summed E-state index contributed by atoms with van der Waals surface area (Å²) in [4.78, 5) is 20.2. The van der Waals surface area contributed by atoms with Gasteiger partial charge in [0.25, 0.3) is 0 Å². The molecule has 0 fully saturated rings. The summed E-state index contributed by atoms with van der Waals surface area (Å²) in [6.45, 7) is 2.05. The number of aliphatic hydroxyl groups is 1. The van der Waals surface area contributed by atoms with Gasteiger partial charge in [0.05, 0.1) is 6.61 Å². The maximum Gasteiger partial charge on any atom is 0.303 e. The lowest BCUT2D eigenvalue weighted by molar-refractivity contribution is -0.138. The summed E-state index contributed by atoms with van der Waals surface area (Å²) < 4.78 is 0. The first-order valence-corrected chi connectivity index (χ1v) is 6.74. The quantitative estimate of drug-likeness (QED) is 0.450. The lowest BCUT2D eigenvalue weighted by Crippen LogP contribution is -2.22. The molecule has 0 aliphatic rings. The molecule has 0 aliphatic carbocycles. The largest absolute Gasteiger partial charge is 0.481 e. The van der Waals surface area contributed by atoms with Crippen LogP contribution in [0.5, 0.6) is 0 Å². The fraction of sp³-hybridized carbons (Fsp3) is 0.846. The second-order valence-corrected chi connectivity index (χ2v) is 4.41. The van der Waals surface area contributed by atoms with Gasteiger partial charge in [0, 0.05) is 18.9 Å². The van der Waals surface area contributed by atoms with Crippen LogP contribution in [0, 0.1) is 0 Å². The Labute approximate surface area is 114 Å². The normalized spacial score (nSPS) is 11.3. The molecule has 0 aromatic rings. The molecule has 0 heterocycles. The standard InChI is InChI=1S/C9H16O4.C4H11NO/c10-8(11)6-4-2-1-3-5-7-9(12)13;1-2-4(5)3-6/h1-7H2,(H,10,11)(H,12,13);4,6H,2-3,5H2,1H3. The van der Waals surface area contributed by atoms with E-state index in [0.29, 0.717) is 12.8 Å². The highest BCUT2D eigenvalue weighted by atomic mass is 16.4. The molecule has 1 unspecified atom stereocenters. The van der Waals surface area contributed by atoms with Crippen molar-refractivity contribution in [3.05, 3.63) is 0 Å². The summed E-state index contributed by atoms with van der Waals surface area (Å²) in [6.07, 6.45) is 5.39. The van der Waals surface area contributed by atoms with Gasteiger partial charge in [-0.1, -0.05) is 26.2 Å². The lowest BCUT2D eigenvalue weighted by atomic mass is 10.1. The summed E-state index contributed by atoms with van der Waals surface area (Å²) in [7, 11) is 0. The van der Waals surface area contributed by atoms with E-state index in [0.717, 1.165) is 25.7 Å². The van der Waals surface area contributed by atoms with E-state index < -0.39 is 11.9 Å². The zero-order valence-electron chi connectivity index (χ0n) is 11.7. The summed E-state index contributed by atoms with van der Waals surface area (Å²) in [5, 5.41) is 24.8. The van der Waals surface area contributed by atoms with E-state index in [1.165, 1.54) is 0 Å². The predicted octanol–water partition coefficient (Wildman–Crippen LogP) is 1.60. The van der Waals surface area contributed by atoms with Crippen LogP contribution in [0.2, 0.25) is 0 Å². The Bertz CT molecular complexity index is 211. The van der Waals surface area contributed by atoms with Crippen molar-refractivity contribution >= 4 is 11.9 Å². The van der Waals surface area contributed by atoms with Crippen LogP contribution in [0.25, 0.3) is 0 Å². The molecule has 6 heteroatoms. The molecular formula is C13H27NO5. The number of rotatable bonds is 10. The molecule has 1 atom stereocenters. The van der Waals surface area contributed by atoms with Crippen LogP contribution in [-0.4, -0.2) is 39.9 Å². The van der Waals surface area contributed by atoms with E-state index in [1.54, 1.807) is 0 Å². The number of unbranched alkanes of at least 4 members (excludes halogenated alkanes) is 4. The van der Waals surface area contributed by atoms with E-state index in [2.05, 4.69) is 0 Å². The third-order valence-corrected chi connectivity index (χ3v) is 2.54. The smallest absolute Gasteiger partial charge is 0.303 e. The highest BCUT2D eigenvalue weighted by Gasteiger charge is 1.98. The van der Waals surface area contributed by atoms with Crippen molar-refractivity contribution in [3.8, 4) is 0 Å². The van der Waals surface area contributed by atoms with Gasteiger partial charge in [-0.25, -0.2) is 0 Å². The van der Waals surface area contributed by atoms with Gasteiger partial charge in [-0.3, -0.25) is 9.59 Å². The molecule has 0 spiro atoms. The van der Waals surface area contributed by atoms with Gasteiger partial charge >= 0.3 is 11.9 Å². The minimum Gasteiger partial charge on any atom is -0.481 e. The number of hydrogen-bond donors (Lipinski definition) is 4. The molecule has 0 aliphatic heterocycles. The Hall–Kier alpha value is -1.14. The molecule has 0 bridgehead atoms. The highest BCUT2D eigenvalue weighted by molar-refractivity contribution is 5.66. The fourth-order valence-electron chi connectivity index (χ4n) is 1.21. The molecule has 0 rings (SSSR count). The van der Waals surface area contributed by atoms with Crippen LogP contribution in [0.15, 0.2) is 0 Å². The Morgan fingerprint density at radius 1 is 0.947 bits per heavy atom. The molecule has 0 amide bonds. The van der Waals surface area contributed by atoms with Crippen molar-refractivity contribution in [2.24, 2.45) is 5.73 Å². The second kappa shape index (κ2) is 14.9. The van der Waals surface area contributed by atoms with Gasteiger partial charge in [-0.15, -0.1) is 0 Å². The number of carbonyl (C=O) groups is 2. The van der Waals surface area contributed by atoms with Crippen LogP contribution in [0.4, 0.5) is 0 Å². The molecule has 0 saturated carbocycles. The SMILES string of the molecule is CCC(N)CO.O=C(O)CCCCCCCC(=O)O. The van der Waals surface area contributed by atoms with Crippen molar-refractivity contribution in [3.63, 3.8) is 0 Å². The Morgan fingerprint density at radius 2 is 1.32 bits per heavy atom. The van der Waals surface area contributed by atoms with Crippen molar-refractivity contribution in [2.45, 2.75) is 64.3 Å². The molecule has 0 aromatic heterocycles. The van der Waals surface area contributed by atoms with Gasteiger partial charge < -0.3 is 21.1 Å². The van der Waals surface area contributed by atoms with Crippen LogP contribution < -0.4 is 5.73 Å². The first-order chi connectivity index (χ1) is 8.93. The van der Waals surface area contributed by atoms with Crippen LogP contribution in [0.3, 0.4) is 0 Å². The molecular weight excluding hydrogens is 250 g/mol. The molecule has 0 saturated heterocycles. The zero-order valence-corrected chi connectivity index (χ0v) is 11.7. The molecule has 6 nitrogen and oxygen atoms in total. The zero-order chi connectivity index (χ0) is 15.1. The van der Waals surface area contributed by atoms with Gasteiger partial charge in [0.15, 0.2) is 0 Å². The van der Waals surface area contributed by atoms with Crippen molar-refractivity contribution in [1.82, 2.24) is 0 Å². The Kier molecular flexibility index (Phi) is 15.8. The summed E-state index contributed by atoms with van der Waals surface area (Å²) >= 11 is 0. The predicted molar refractivity (Wildman–Crippen MR) is 72.9 cm³/mol. The average molecular weight is 277 g/mol. The minimum absolute atomic E-state index is 0.00926. The van der Waals surface area contributed by atoms with Gasteiger partial charge in [0.1, 0.15) is 0 Å². The maximum atomic E-state index is 10.1. The number of hydrogen-bond acceptors (Lipinski definition) is 4. The summed E-state index contributed by atoms with van der Waals surface area (Å²) in [5.74, 6) is -1.52. The third-order valence-electron chi connectivity index (χ3n) is 2.54. The second-order valence-electron chi connectivity index (χ2n) is 4.41. The number of carboxylic acids is 2. The minimum atomic E-state index is -0.759. The van der Waals surface area contributed by atoms with Crippen LogP contribution in [0.1, 0.15) is 58.3 Å². The number of aliphatic carboxylic acids is 2. The lowest BCUT2D eigenvalue weighted by Gasteiger charge is -1.98. The molecule has 19 heavy (non-hydrogen) atoms. The van der Waals surface area contributed by atoms with E-state index in [9.17, 15) is 9.59 Å². The number of aliphatic hydroxyl groups excluding tert-OH is 1. The van der Waals surface area contributed by atoms with Gasteiger partial charge in [-0.2, -0.15) is 0 Å². The van der Waals surface area contributed by atoms with Crippen LogP contribution in [-0.2, 0) is 9.59 Å². The third kappa shape index (κ3) is 22.5. The van der Waals surface area contributed by atoms with Crippen molar-refractivity contribution < 1.29 is 24.9 Å². The summed E-state index contributed by atoms with van der Waals surface area (Å²) in [5.41, 5.74) is 5.22. The highest BCUT2D eigenvalue weighted by Crippen LogP contribution is 2.06. The molecule has 0 radical (unpaired) electrons. The van der Waals surface area contributed by atoms with Crippen molar-refractivity contribution in [2.75, 3.05) is 6.61 Å². The molecule has 0 aromatic carbocycles. The van der Waals surface area contributed by atoms with Gasteiger partial charge in [-0.05, 0) is 19.3 Å². The van der Waals surface area contributed by atoms with Gasteiger partial charge in [0.2, 0.25) is 0 Å². The van der Waals surface area contributed by atoms with E-state index in [4.69, 9.17) is 21.1 Å². The number of carboxylic acid groups (broad SMARTS) is 2.